The van der Waals surface area contributed by atoms with E-state index in [4.69, 9.17) is 26.2 Å². The van der Waals surface area contributed by atoms with Gasteiger partial charge in [0, 0.05) is 24.4 Å². The number of benzene rings is 2. The summed E-state index contributed by atoms with van der Waals surface area (Å²) in [6, 6.07) is 20.6. The molecule has 3 saturated heterocycles. The lowest BCUT2D eigenvalue weighted by atomic mass is 9.83. The molecule has 12 heteroatoms. The van der Waals surface area contributed by atoms with E-state index in [-0.39, 0.29) is 17.9 Å². The van der Waals surface area contributed by atoms with Crippen molar-refractivity contribution in [2.45, 2.75) is 31.2 Å². The first-order valence-electron chi connectivity index (χ1n) is 12.9. The van der Waals surface area contributed by atoms with Gasteiger partial charge in [0.05, 0.1) is 23.0 Å². The van der Waals surface area contributed by atoms with Gasteiger partial charge in [-0.15, -0.1) is 11.3 Å². The second-order valence-corrected chi connectivity index (χ2v) is 11.4. The van der Waals surface area contributed by atoms with Crippen LogP contribution in [-0.4, -0.2) is 60.7 Å². The SMILES string of the molecule is O=C(C[N+]12CCC(CC1)C(OC(=O)C(Nc1ccccc1)c1ccccc1)C2)c1sccc1Cl.O=C([O-])C(F)(F)F. The zero-order valence-corrected chi connectivity index (χ0v) is 23.4. The Balaban J connectivity index is 0.000000493. The average Bonchev–Trinajstić information content (AvgIpc) is 3.39. The molecule has 4 heterocycles. The third kappa shape index (κ3) is 7.87. The molecule has 3 fully saturated rings. The van der Waals surface area contributed by atoms with Crippen LogP contribution in [0.3, 0.4) is 0 Å². The summed E-state index contributed by atoms with van der Waals surface area (Å²) in [5.41, 5.74) is 1.73. The fraction of sp³-hybridized carbons (Fsp3) is 0.345. The number of fused-ring (bicyclic) bond motifs is 3. The molecule has 1 N–H and O–H groups in total. The number of hydrogen-bond acceptors (Lipinski definition) is 7. The predicted molar refractivity (Wildman–Crippen MR) is 146 cm³/mol. The highest BCUT2D eigenvalue weighted by Crippen LogP contribution is 2.37. The van der Waals surface area contributed by atoms with Gasteiger partial charge in [0.15, 0.2) is 12.1 Å². The van der Waals surface area contributed by atoms with Crippen LogP contribution in [0.2, 0.25) is 5.02 Å². The molecular weight excluding hydrogens is 581 g/mol. The number of hydrogen-bond donors (Lipinski definition) is 1. The van der Waals surface area contributed by atoms with Gasteiger partial charge in [-0.25, -0.2) is 4.79 Å². The standard InChI is InChI=1S/C27H28ClN2O3S.C2HF3O2/c28-22-13-16-34-26(22)23(31)17-30-14-11-19(12-15-30)24(18-30)33-27(32)25(20-7-3-1-4-8-20)29-21-9-5-2-6-10-21;3-2(4,5)1(6)7/h1-10,13,16,19,24-25,29H,11-12,14-15,17-18H2;(H,6,7)/q+1;/p-1. The third-order valence-electron chi connectivity index (χ3n) is 7.34. The van der Waals surface area contributed by atoms with Gasteiger partial charge < -0.3 is 24.4 Å². The zero-order valence-electron chi connectivity index (χ0n) is 21.8. The maximum Gasteiger partial charge on any atom is 0.430 e. The number of para-hydroxylation sites is 1. The zero-order chi connectivity index (χ0) is 29.6. The first kappa shape index (κ1) is 30.5. The topological polar surface area (TPSA) is 95.5 Å². The van der Waals surface area contributed by atoms with Crippen molar-refractivity contribution in [1.82, 2.24) is 0 Å². The van der Waals surface area contributed by atoms with Crippen molar-refractivity contribution in [3.63, 3.8) is 0 Å². The highest BCUT2D eigenvalue weighted by atomic mass is 35.5. The Morgan fingerprint density at radius 2 is 1.61 bits per heavy atom. The van der Waals surface area contributed by atoms with Crippen molar-refractivity contribution in [2.24, 2.45) is 5.92 Å². The van der Waals surface area contributed by atoms with E-state index in [1.807, 2.05) is 66.0 Å². The second-order valence-electron chi connectivity index (χ2n) is 10.1. The number of esters is 1. The minimum atomic E-state index is -5.19. The number of alkyl halides is 3. The first-order chi connectivity index (χ1) is 19.5. The number of rotatable bonds is 8. The molecule has 0 amide bonds. The Morgan fingerprint density at radius 3 is 2.15 bits per heavy atom. The fourth-order valence-corrected chi connectivity index (χ4v) is 6.38. The highest BCUT2D eigenvalue weighted by Gasteiger charge is 2.49. The van der Waals surface area contributed by atoms with Crippen LogP contribution in [0.5, 0.6) is 0 Å². The number of carbonyl (C=O) groups is 3. The van der Waals surface area contributed by atoms with Gasteiger partial charge in [-0.2, -0.15) is 13.2 Å². The molecule has 0 aliphatic carbocycles. The Kier molecular flexibility index (Phi) is 9.72. The summed E-state index contributed by atoms with van der Waals surface area (Å²) in [6.45, 7) is 2.97. The molecule has 3 aliphatic heterocycles. The van der Waals surface area contributed by atoms with Gasteiger partial charge in [-0.1, -0.05) is 60.1 Å². The number of anilines is 1. The van der Waals surface area contributed by atoms with Gasteiger partial charge in [0.1, 0.15) is 19.1 Å². The van der Waals surface area contributed by atoms with Gasteiger partial charge >= 0.3 is 12.1 Å². The van der Waals surface area contributed by atoms with Crippen molar-refractivity contribution in [2.75, 3.05) is 31.5 Å². The van der Waals surface area contributed by atoms with E-state index in [1.54, 1.807) is 6.07 Å². The quantitative estimate of drug-likeness (QED) is 0.222. The third-order valence-corrected chi connectivity index (χ3v) is 8.73. The van der Waals surface area contributed by atoms with Crippen molar-refractivity contribution < 1.29 is 41.9 Å². The summed E-state index contributed by atoms with van der Waals surface area (Å²) in [4.78, 5) is 35.9. The Bertz CT molecular complexity index is 1350. The van der Waals surface area contributed by atoms with Crippen LogP contribution >= 0.6 is 22.9 Å². The van der Waals surface area contributed by atoms with Crippen LogP contribution in [0.1, 0.15) is 34.1 Å². The maximum atomic E-state index is 13.5. The Labute approximate surface area is 244 Å². The van der Waals surface area contributed by atoms with Crippen LogP contribution in [0.25, 0.3) is 0 Å². The monoisotopic (exact) mass is 608 g/mol. The van der Waals surface area contributed by atoms with E-state index in [9.17, 15) is 22.8 Å². The number of halogens is 4. The highest BCUT2D eigenvalue weighted by molar-refractivity contribution is 7.12. The second kappa shape index (κ2) is 13.1. The van der Waals surface area contributed by atoms with E-state index in [2.05, 4.69) is 5.32 Å². The number of ketones is 1. The van der Waals surface area contributed by atoms with Gasteiger partial charge in [0.25, 0.3) is 0 Å². The number of carboxylic acid groups (broad SMARTS) is 1. The van der Waals surface area contributed by atoms with Crippen LogP contribution in [0.4, 0.5) is 18.9 Å². The van der Waals surface area contributed by atoms with Crippen molar-refractivity contribution in [3.05, 3.63) is 87.6 Å². The Hall–Kier alpha value is -3.41. The molecule has 0 saturated carbocycles. The van der Waals surface area contributed by atoms with Crippen LogP contribution < -0.4 is 10.4 Å². The van der Waals surface area contributed by atoms with E-state index >= 15 is 0 Å². The van der Waals surface area contributed by atoms with Gasteiger partial charge in [-0.3, -0.25) is 4.79 Å². The molecular formula is C29H28ClF3N2O5S. The number of carboxylic acids is 1. The summed E-state index contributed by atoms with van der Waals surface area (Å²) in [6.07, 6.45) is -3.46. The van der Waals surface area contributed by atoms with E-state index in [1.165, 1.54) is 11.3 Å². The van der Waals surface area contributed by atoms with Crippen molar-refractivity contribution in [3.8, 4) is 0 Å². The number of nitrogens with one attached hydrogen (secondary N) is 1. The summed E-state index contributed by atoms with van der Waals surface area (Å²) in [7, 11) is 0. The van der Waals surface area contributed by atoms with E-state index < -0.39 is 18.2 Å². The van der Waals surface area contributed by atoms with Gasteiger partial charge in [-0.05, 0) is 29.1 Å². The number of thiophene rings is 1. The molecule has 2 bridgehead atoms. The normalized spacial score (nSPS) is 22.1. The molecule has 2 unspecified atom stereocenters. The molecule has 1 aromatic heterocycles. The number of aliphatic carboxylic acids is 1. The van der Waals surface area contributed by atoms with E-state index in [0.29, 0.717) is 33.4 Å². The summed E-state index contributed by atoms with van der Waals surface area (Å²) >= 11 is 7.61. The first-order valence-corrected chi connectivity index (χ1v) is 14.2. The smallest absolute Gasteiger partial charge is 0.430 e. The molecule has 3 aromatic rings. The molecule has 0 radical (unpaired) electrons. The molecule has 2 aromatic carbocycles. The lowest BCUT2D eigenvalue weighted by Crippen LogP contribution is -2.65. The number of carbonyl (C=O) groups excluding carboxylic acids is 3. The molecule has 0 spiro atoms. The van der Waals surface area contributed by atoms with E-state index in [0.717, 1.165) is 37.2 Å². The fourth-order valence-electron chi connectivity index (χ4n) is 5.29. The number of nitrogens with zero attached hydrogens (tertiary/aromatic N) is 1. The van der Waals surface area contributed by atoms with Crippen LogP contribution in [-0.2, 0) is 14.3 Å². The number of Topliss-reactive ketones (excluding diaryl/α,β-unsaturated/α-hetero) is 1. The number of quaternary nitrogens is 1. The Morgan fingerprint density at radius 1 is 1.02 bits per heavy atom. The van der Waals surface area contributed by atoms with Gasteiger partial charge in [0.2, 0.25) is 5.78 Å². The molecule has 218 valence electrons. The molecule has 7 nitrogen and oxygen atoms in total. The summed E-state index contributed by atoms with van der Waals surface area (Å²) in [5.74, 6) is -2.86. The van der Waals surface area contributed by atoms with Crippen LogP contribution in [0.15, 0.2) is 72.1 Å². The maximum absolute atomic E-state index is 13.5. The largest absolute Gasteiger partial charge is 0.542 e. The minimum Gasteiger partial charge on any atom is -0.542 e. The van der Waals surface area contributed by atoms with Crippen molar-refractivity contribution in [1.29, 1.82) is 0 Å². The number of piperidine rings is 3. The van der Waals surface area contributed by atoms with Crippen molar-refractivity contribution >= 4 is 46.3 Å². The number of ether oxygens (including phenoxy) is 1. The lowest BCUT2D eigenvalue weighted by Gasteiger charge is -2.51. The molecule has 6 rings (SSSR count). The average molecular weight is 609 g/mol. The molecule has 3 aliphatic rings. The molecule has 2 atom stereocenters. The molecule has 41 heavy (non-hydrogen) atoms. The van der Waals surface area contributed by atoms with Crippen LogP contribution in [0, 0.1) is 5.92 Å². The predicted octanol–water partition coefficient (Wildman–Crippen LogP) is 4.89. The summed E-state index contributed by atoms with van der Waals surface area (Å²) < 4.78 is 38.4. The summed E-state index contributed by atoms with van der Waals surface area (Å²) in [5, 5.41) is 14.5. The lowest BCUT2D eigenvalue weighted by molar-refractivity contribution is -0.938. The minimum absolute atomic E-state index is 0.0818.